The molecule has 2 heterocycles. The lowest BCUT2D eigenvalue weighted by molar-refractivity contribution is 0.0957. The molecule has 0 aliphatic carbocycles. The van der Waals surface area contributed by atoms with Crippen molar-refractivity contribution in [1.82, 2.24) is 15.3 Å². The van der Waals surface area contributed by atoms with E-state index in [1.54, 1.807) is 19.0 Å². The van der Waals surface area contributed by atoms with Gasteiger partial charge in [0.05, 0.1) is 0 Å². The summed E-state index contributed by atoms with van der Waals surface area (Å²) in [5.74, 6) is -2.02. The van der Waals surface area contributed by atoms with Gasteiger partial charge < -0.3 is 24.7 Å². The number of pyridine rings is 1. The smallest absolute Gasteiger partial charge is 0.298 e. The molecular formula is C25H21F2N5O4. The Bertz CT molecular complexity index is 1420. The first-order valence-electron chi connectivity index (χ1n) is 10.7. The molecule has 0 saturated carbocycles. The molecule has 4 aromatic rings. The predicted octanol–water partition coefficient (Wildman–Crippen LogP) is 4.49. The summed E-state index contributed by atoms with van der Waals surface area (Å²) in [4.78, 5) is 34.5. The van der Waals surface area contributed by atoms with Gasteiger partial charge in [-0.3, -0.25) is 14.6 Å². The van der Waals surface area contributed by atoms with E-state index >= 15 is 0 Å². The highest BCUT2D eigenvalue weighted by molar-refractivity contribution is 6.06. The van der Waals surface area contributed by atoms with Crippen LogP contribution in [0.15, 0.2) is 65.2 Å². The fraction of sp³-hybridized carbons (Fsp3) is 0.120. The molecule has 0 aliphatic rings. The summed E-state index contributed by atoms with van der Waals surface area (Å²) in [7, 11) is 4.85. The number of anilines is 2. The van der Waals surface area contributed by atoms with Gasteiger partial charge in [0.15, 0.2) is 23.0 Å². The van der Waals surface area contributed by atoms with Crippen LogP contribution in [0.5, 0.6) is 11.5 Å². The van der Waals surface area contributed by atoms with Crippen molar-refractivity contribution in [3.63, 3.8) is 0 Å². The van der Waals surface area contributed by atoms with Crippen molar-refractivity contribution in [2.45, 2.75) is 0 Å². The number of nitrogens with one attached hydrogen (secondary N) is 2. The van der Waals surface area contributed by atoms with E-state index in [0.29, 0.717) is 5.56 Å². The summed E-state index contributed by atoms with van der Waals surface area (Å²) >= 11 is 0. The maximum absolute atomic E-state index is 14.8. The Balaban J connectivity index is 1.55. The van der Waals surface area contributed by atoms with Gasteiger partial charge in [-0.2, -0.15) is 4.98 Å². The van der Waals surface area contributed by atoms with Crippen molar-refractivity contribution >= 4 is 23.5 Å². The van der Waals surface area contributed by atoms with Crippen LogP contribution in [0.2, 0.25) is 0 Å². The number of carbonyl (C=O) groups is 2. The van der Waals surface area contributed by atoms with E-state index in [2.05, 4.69) is 20.6 Å². The Morgan fingerprint density at radius 3 is 2.42 bits per heavy atom. The topological polar surface area (TPSA) is 110 Å². The number of halogens is 2. The van der Waals surface area contributed by atoms with Gasteiger partial charge in [-0.25, -0.2) is 8.78 Å². The molecule has 36 heavy (non-hydrogen) atoms. The summed E-state index contributed by atoms with van der Waals surface area (Å²) < 4.78 is 39.4. The zero-order valence-corrected chi connectivity index (χ0v) is 19.5. The zero-order chi connectivity index (χ0) is 25.8. The number of rotatable bonds is 7. The lowest BCUT2D eigenvalue weighted by Gasteiger charge is -2.10. The largest absolute Gasteiger partial charge is 0.454 e. The van der Waals surface area contributed by atoms with Crippen molar-refractivity contribution in [2.75, 3.05) is 31.4 Å². The molecule has 0 saturated heterocycles. The molecular weight excluding hydrogens is 472 g/mol. The molecule has 0 radical (unpaired) electrons. The van der Waals surface area contributed by atoms with E-state index in [-0.39, 0.29) is 40.3 Å². The average molecular weight is 493 g/mol. The van der Waals surface area contributed by atoms with Crippen LogP contribution in [0.3, 0.4) is 0 Å². The van der Waals surface area contributed by atoms with Gasteiger partial charge >= 0.3 is 0 Å². The highest BCUT2D eigenvalue weighted by Crippen LogP contribution is 2.30. The third-order valence-corrected chi connectivity index (χ3v) is 4.93. The number of oxazole rings is 1. The Hall–Kier alpha value is -4.80. The molecule has 2 aromatic carbocycles. The summed E-state index contributed by atoms with van der Waals surface area (Å²) in [6.45, 7) is 0. The fourth-order valence-corrected chi connectivity index (χ4v) is 3.16. The second kappa shape index (κ2) is 10.2. The lowest BCUT2D eigenvalue weighted by Crippen LogP contribution is -2.18. The third-order valence-electron chi connectivity index (χ3n) is 4.93. The minimum absolute atomic E-state index is 0.0513. The number of amides is 2. The summed E-state index contributed by atoms with van der Waals surface area (Å²) in [5, 5.41) is 5.03. The van der Waals surface area contributed by atoms with Gasteiger partial charge in [-0.1, -0.05) is 0 Å². The van der Waals surface area contributed by atoms with Crippen molar-refractivity contribution < 1.29 is 27.5 Å². The number of carbonyl (C=O) groups excluding carboxylic acids is 2. The number of nitrogens with zero attached hydrogens (tertiary/aromatic N) is 3. The molecule has 0 fully saturated rings. The van der Waals surface area contributed by atoms with Gasteiger partial charge in [0, 0.05) is 50.7 Å². The fourth-order valence-electron chi connectivity index (χ4n) is 3.16. The maximum Gasteiger partial charge on any atom is 0.298 e. The SMILES string of the molecule is CNC(=O)c1cc(Oc2ccc(NC(=O)c3nc(N(C)C)oc3-c3ccc(F)cc3)cc2F)ccn1. The molecule has 184 valence electrons. The molecule has 0 unspecified atom stereocenters. The number of hydrogen-bond donors (Lipinski definition) is 2. The van der Waals surface area contributed by atoms with Gasteiger partial charge in [-0.05, 0) is 42.5 Å². The van der Waals surface area contributed by atoms with E-state index in [0.717, 1.165) is 6.07 Å². The summed E-state index contributed by atoms with van der Waals surface area (Å²) in [5.41, 5.74) is 0.654. The van der Waals surface area contributed by atoms with E-state index in [1.165, 1.54) is 61.8 Å². The molecule has 0 atom stereocenters. The number of hydrogen-bond acceptors (Lipinski definition) is 7. The lowest BCUT2D eigenvalue weighted by atomic mass is 10.1. The first-order valence-corrected chi connectivity index (χ1v) is 10.7. The van der Waals surface area contributed by atoms with Crippen LogP contribution in [-0.2, 0) is 0 Å². The first kappa shape index (κ1) is 24.3. The number of aromatic nitrogens is 2. The molecule has 11 heteroatoms. The highest BCUT2D eigenvalue weighted by atomic mass is 19.1. The molecule has 2 N–H and O–H groups in total. The van der Waals surface area contributed by atoms with E-state index in [4.69, 9.17) is 9.15 Å². The Morgan fingerprint density at radius 1 is 1.00 bits per heavy atom. The van der Waals surface area contributed by atoms with Crippen molar-refractivity contribution in [2.24, 2.45) is 0 Å². The standard InChI is InChI=1S/C25H21F2N5O4/c1-28-23(33)19-13-17(10-11-29-19)35-20-9-8-16(12-18(20)27)30-24(34)21-22(36-25(31-21)32(2)3)14-4-6-15(26)7-5-14/h4-13H,1-3H3,(H,28,33)(H,30,34). The Labute approximate surface area is 204 Å². The van der Waals surface area contributed by atoms with Crippen LogP contribution in [0, 0.1) is 11.6 Å². The van der Waals surface area contributed by atoms with E-state index in [1.807, 2.05) is 0 Å². The molecule has 0 bridgehead atoms. The second-order valence-electron chi connectivity index (χ2n) is 7.73. The summed E-state index contributed by atoms with van der Waals surface area (Å²) in [6.07, 6.45) is 1.37. The van der Waals surface area contributed by atoms with E-state index in [9.17, 15) is 18.4 Å². The zero-order valence-electron chi connectivity index (χ0n) is 19.5. The van der Waals surface area contributed by atoms with Crippen LogP contribution in [0.1, 0.15) is 21.0 Å². The molecule has 4 rings (SSSR count). The quantitative estimate of drug-likeness (QED) is 0.391. The van der Waals surface area contributed by atoms with Crippen molar-refractivity contribution in [1.29, 1.82) is 0 Å². The van der Waals surface area contributed by atoms with Crippen molar-refractivity contribution in [3.05, 3.63) is 83.8 Å². The minimum Gasteiger partial charge on any atom is -0.454 e. The Kier molecular flexibility index (Phi) is 6.91. The highest BCUT2D eigenvalue weighted by Gasteiger charge is 2.23. The van der Waals surface area contributed by atoms with Crippen LogP contribution in [0.25, 0.3) is 11.3 Å². The molecule has 0 aliphatic heterocycles. The second-order valence-corrected chi connectivity index (χ2v) is 7.73. The van der Waals surface area contributed by atoms with Crippen LogP contribution in [-0.4, -0.2) is 42.9 Å². The monoisotopic (exact) mass is 493 g/mol. The molecule has 2 aromatic heterocycles. The molecule has 0 spiro atoms. The van der Waals surface area contributed by atoms with Crippen LogP contribution >= 0.6 is 0 Å². The minimum atomic E-state index is -0.751. The maximum atomic E-state index is 14.8. The van der Waals surface area contributed by atoms with Crippen LogP contribution < -0.4 is 20.3 Å². The molecule has 2 amide bonds. The van der Waals surface area contributed by atoms with Crippen molar-refractivity contribution in [3.8, 4) is 22.8 Å². The summed E-state index contributed by atoms with van der Waals surface area (Å²) in [6, 6.07) is 12.3. The normalized spacial score (nSPS) is 10.6. The van der Waals surface area contributed by atoms with Gasteiger partial charge in [-0.15, -0.1) is 0 Å². The van der Waals surface area contributed by atoms with Gasteiger partial charge in [0.1, 0.15) is 17.3 Å². The predicted molar refractivity (Wildman–Crippen MR) is 128 cm³/mol. The number of benzene rings is 2. The van der Waals surface area contributed by atoms with Crippen LogP contribution in [0.4, 0.5) is 20.5 Å². The number of ether oxygens (including phenoxy) is 1. The molecule has 9 nitrogen and oxygen atoms in total. The average Bonchev–Trinajstić information content (AvgIpc) is 3.32. The van der Waals surface area contributed by atoms with E-state index < -0.39 is 23.4 Å². The van der Waals surface area contributed by atoms with Gasteiger partial charge in [0.2, 0.25) is 0 Å². The third kappa shape index (κ3) is 5.30. The van der Waals surface area contributed by atoms with Gasteiger partial charge in [0.25, 0.3) is 17.8 Å². The first-order chi connectivity index (χ1) is 17.2. The Morgan fingerprint density at radius 2 is 1.75 bits per heavy atom.